The Balaban J connectivity index is 1.29. The third-order valence-corrected chi connectivity index (χ3v) is 4.71. The van der Waals surface area contributed by atoms with Crippen LogP contribution in [0.1, 0.15) is 5.56 Å². The summed E-state index contributed by atoms with van der Waals surface area (Å²) in [5.74, 6) is 1.81. The summed E-state index contributed by atoms with van der Waals surface area (Å²) >= 11 is 0. The quantitative estimate of drug-likeness (QED) is 0.448. The predicted molar refractivity (Wildman–Crippen MR) is 116 cm³/mol. The van der Waals surface area contributed by atoms with Crippen molar-refractivity contribution in [1.29, 1.82) is 0 Å². The topological polar surface area (TPSA) is 43.2 Å². The van der Waals surface area contributed by atoms with Crippen molar-refractivity contribution < 1.29 is 4.74 Å². The molecule has 0 spiro atoms. The summed E-state index contributed by atoms with van der Waals surface area (Å²) in [7, 11) is 2.02. The van der Waals surface area contributed by atoms with Gasteiger partial charge < -0.3 is 9.64 Å². The number of hydrogen-bond donors (Lipinski definition) is 0. The zero-order chi connectivity index (χ0) is 19.9. The van der Waals surface area contributed by atoms with Crippen LogP contribution in [0, 0.1) is 0 Å². The number of nitrogens with zero attached hydrogens (tertiary/aromatic N) is 4. The van der Waals surface area contributed by atoms with Gasteiger partial charge in [0.1, 0.15) is 18.2 Å². The van der Waals surface area contributed by atoms with E-state index in [0.717, 1.165) is 35.9 Å². The SMILES string of the molecule is CN(CCOc1ccc(Cn2ccc(-c3ccccc3)n2)cc1)c1ccccn1. The molecule has 29 heavy (non-hydrogen) atoms. The second-order valence-corrected chi connectivity index (χ2v) is 6.87. The van der Waals surface area contributed by atoms with E-state index in [0.29, 0.717) is 6.61 Å². The molecule has 0 amide bonds. The van der Waals surface area contributed by atoms with E-state index < -0.39 is 0 Å². The molecule has 0 radical (unpaired) electrons. The first kappa shape index (κ1) is 18.7. The lowest BCUT2D eigenvalue weighted by Crippen LogP contribution is -2.24. The molecule has 146 valence electrons. The Morgan fingerprint density at radius 1 is 0.897 bits per heavy atom. The van der Waals surface area contributed by atoms with E-state index in [4.69, 9.17) is 4.74 Å². The standard InChI is InChI=1S/C24H24N4O/c1-27(24-9-5-6-15-25-24)17-18-29-22-12-10-20(11-13-22)19-28-16-14-23(26-28)21-7-3-2-4-8-21/h2-16H,17-19H2,1H3. The minimum absolute atomic E-state index is 0.603. The lowest BCUT2D eigenvalue weighted by atomic mass is 10.2. The number of benzene rings is 2. The van der Waals surface area contributed by atoms with Gasteiger partial charge in [-0.25, -0.2) is 4.98 Å². The van der Waals surface area contributed by atoms with Gasteiger partial charge in [0.15, 0.2) is 0 Å². The Bertz CT molecular complexity index is 1010. The molecule has 0 saturated carbocycles. The maximum Gasteiger partial charge on any atom is 0.128 e. The van der Waals surface area contributed by atoms with Gasteiger partial charge in [0.2, 0.25) is 0 Å². The highest BCUT2D eigenvalue weighted by Gasteiger charge is 2.04. The van der Waals surface area contributed by atoms with Crippen molar-refractivity contribution in [1.82, 2.24) is 14.8 Å². The highest BCUT2D eigenvalue weighted by Crippen LogP contribution is 2.17. The van der Waals surface area contributed by atoms with Gasteiger partial charge >= 0.3 is 0 Å². The van der Waals surface area contributed by atoms with Crippen LogP contribution in [0.25, 0.3) is 11.3 Å². The van der Waals surface area contributed by atoms with Gasteiger partial charge in [0.25, 0.3) is 0 Å². The van der Waals surface area contributed by atoms with Gasteiger partial charge in [-0.15, -0.1) is 0 Å². The molecule has 0 N–H and O–H groups in total. The Hall–Kier alpha value is -3.60. The molecule has 2 heterocycles. The molecule has 2 aromatic carbocycles. The molecule has 0 fully saturated rings. The molecule has 0 aliphatic carbocycles. The van der Waals surface area contributed by atoms with Crippen molar-refractivity contribution in [2.24, 2.45) is 0 Å². The molecular formula is C24H24N4O. The zero-order valence-corrected chi connectivity index (χ0v) is 16.5. The third-order valence-electron chi connectivity index (χ3n) is 4.71. The first-order chi connectivity index (χ1) is 14.3. The van der Waals surface area contributed by atoms with Crippen molar-refractivity contribution >= 4 is 5.82 Å². The number of likely N-dealkylation sites (N-methyl/N-ethyl adjacent to an activating group) is 1. The molecule has 4 aromatic rings. The second kappa shape index (κ2) is 9.06. The van der Waals surface area contributed by atoms with E-state index in [1.807, 2.05) is 72.5 Å². The van der Waals surface area contributed by atoms with E-state index in [1.165, 1.54) is 5.56 Å². The fourth-order valence-corrected chi connectivity index (χ4v) is 3.09. The summed E-state index contributed by atoms with van der Waals surface area (Å²) in [5.41, 5.74) is 3.30. The van der Waals surface area contributed by atoms with Crippen LogP contribution in [-0.2, 0) is 6.54 Å². The average Bonchev–Trinajstić information content (AvgIpc) is 3.25. The fraction of sp³-hybridized carbons (Fsp3) is 0.167. The number of aromatic nitrogens is 3. The molecule has 2 aromatic heterocycles. The summed E-state index contributed by atoms with van der Waals surface area (Å²) in [5, 5.41) is 4.67. The van der Waals surface area contributed by atoms with Crippen LogP contribution >= 0.6 is 0 Å². The van der Waals surface area contributed by atoms with Crippen LogP contribution in [-0.4, -0.2) is 35.0 Å². The molecule has 5 nitrogen and oxygen atoms in total. The highest BCUT2D eigenvalue weighted by molar-refractivity contribution is 5.58. The predicted octanol–water partition coefficient (Wildman–Crippen LogP) is 4.51. The molecule has 0 aliphatic heterocycles. The molecule has 4 rings (SSSR count). The Morgan fingerprint density at radius 2 is 1.69 bits per heavy atom. The zero-order valence-electron chi connectivity index (χ0n) is 16.5. The van der Waals surface area contributed by atoms with Gasteiger partial charge in [-0.3, -0.25) is 4.68 Å². The van der Waals surface area contributed by atoms with E-state index in [9.17, 15) is 0 Å². The maximum atomic E-state index is 5.87. The number of ether oxygens (including phenoxy) is 1. The Labute approximate surface area is 171 Å². The minimum atomic E-state index is 0.603. The van der Waals surface area contributed by atoms with E-state index in [1.54, 1.807) is 6.20 Å². The molecule has 0 atom stereocenters. The Morgan fingerprint density at radius 3 is 2.45 bits per heavy atom. The fourth-order valence-electron chi connectivity index (χ4n) is 3.09. The van der Waals surface area contributed by atoms with Gasteiger partial charge in [0.05, 0.1) is 18.8 Å². The van der Waals surface area contributed by atoms with Gasteiger partial charge in [-0.05, 0) is 35.9 Å². The van der Waals surface area contributed by atoms with E-state index in [-0.39, 0.29) is 0 Å². The smallest absolute Gasteiger partial charge is 0.128 e. The van der Waals surface area contributed by atoms with Crippen LogP contribution in [0.5, 0.6) is 5.75 Å². The summed E-state index contributed by atoms with van der Waals surface area (Å²) in [4.78, 5) is 6.42. The van der Waals surface area contributed by atoms with Gasteiger partial charge in [0, 0.05) is 25.0 Å². The summed E-state index contributed by atoms with van der Waals surface area (Å²) in [6.07, 6.45) is 3.81. The number of rotatable bonds is 8. The van der Waals surface area contributed by atoms with Crippen LogP contribution < -0.4 is 9.64 Å². The molecule has 0 aliphatic rings. The largest absolute Gasteiger partial charge is 0.492 e. The summed E-state index contributed by atoms with van der Waals surface area (Å²) in [6.45, 7) is 2.11. The van der Waals surface area contributed by atoms with Crippen molar-refractivity contribution in [2.75, 3.05) is 25.1 Å². The van der Waals surface area contributed by atoms with Crippen LogP contribution in [0.15, 0.2) is 91.3 Å². The number of pyridine rings is 1. The number of anilines is 1. The maximum absolute atomic E-state index is 5.87. The monoisotopic (exact) mass is 384 g/mol. The van der Waals surface area contributed by atoms with Crippen LogP contribution in [0.3, 0.4) is 0 Å². The van der Waals surface area contributed by atoms with Gasteiger partial charge in [-0.2, -0.15) is 5.10 Å². The third kappa shape index (κ3) is 5.02. The lowest BCUT2D eigenvalue weighted by molar-refractivity contribution is 0.325. The van der Waals surface area contributed by atoms with Crippen molar-refractivity contribution in [3.05, 3.63) is 96.8 Å². The van der Waals surface area contributed by atoms with E-state index >= 15 is 0 Å². The molecular weight excluding hydrogens is 360 g/mol. The van der Waals surface area contributed by atoms with E-state index in [2.05, 4.69) is 39.2 Å². The van der Waals surface area contributed by atoms with Crippen LogP contribution in [0.4, 0.5) is 5.82 Å². The lowest BCUT2D eigenvalue weighted by Gasteiger charge is -2.18. The first-order valence-corrected chi connectivity index (χ1v) is 9.71. The first-order valence-electron chi connectivity index (χ1n) is 9.71. The second-order valence-electron chi connectivity index (χ2n) is 6.87. The molecule has 0 bridgehead atoms. The molecule has 0 unspecified atom stereocenters. The average molecular weight is 384 g/mol. The number of hydrogen-bond acceptors (Lipinski definition) is 4. The minimum Gasteiger partial charge on any atom is -0.492 e. The molecule has 5 heteroatoms. The van der Waals surface area contributed by atoms with Crippen molar-refractivity contribution in [2.45, 2.75) is 6.54 Å². The van der Waals surface area contributed by atoms with Crippen LogP contribution in [0.2, 0.25) is 0 Å². The Kier molecular flexibility index (Phi) is 5.86. The van der Waals surface area contributed by atoms with Crippen molar-refractivity contribution in [3.8, 4) is 17.0 Å². The van der Waals surface area contributed by atoms with Crippen molar-refractivity contribution in [3.63, 3.8) is 0 Å². The highest BCUT2D eigenvalue weighted by atomic mass is 16.5. The van der Waals surface area contributed by atoms with Gasteiger partial charge in [-0.1, -0.05) is 48.5 Å². The summed E-state index contributed by atoms with van der Waals surface area (Å²) in [6, 6.07) is 26.4. The molecule has 0 saturated heterocycles. The summed E-state index contributed by atoms with van der Waals surface area (Å²) < 4.78 is 7.83. The normalized spacial score (nSPS) is 10.7.